The van der Waals surface area contributed by atoms with E-state index in [4.69, 9.17) is 4.74 Å². The number of rotatable bonds is 7. The molecule has 1 aromatic carbocycles. The number of nitrogens with one attached hydrogen (secondary N) is 1. The van der Waals surface area contributed by atoms with Gasteiger partial charge in [-0.05, 0) is 44.0 Å². The van der Waals surface area contributed by atoms with Gasteiger partial charge in [0.05, 0.1) is 17.9 Å². The molecular formula is C21H24N6O3. The number of carbonyl (C=O) groups is 2. The first-order valence-corrected chi connectivity index (χ1v) is 10.2. The van der Waals surface area contributed by atoms with Gasteiger partial charge in [0.2, 0.25) is 5.91 Å². The summed E-state index contributed by atoms with van der Waals surface area (Å²) in [7, 11) is 0. The van der Waals surface area contributed by atoms with Crippen molar-refractivity contribution >= 4 is 29.0 Å². The number of nitrogens with zero attached hydrogens (tertiary/aromatic N) is 5. The third-order valence-corrected chi connectivity index (χ3v) is 5.02. The molecule has 0 bridgehead atoms. The molecule has 0 saturated carbocycles. The van der Waals surface area contributed by atoms with Gasteiger partial charge in [-0.15, -0.1) is 15.3 Å². The van der Waals surface area contributed by atoms with Crippen LogP contribution in [-0.4, -0.2) is 51.4 Å². The third-order valence-electron chi connectivity index (χ3n) is 5.02. The molecule has 9 nitrogen and oxygen atoms in total. The molecule has 0 aliphatic carbocycles. The number of benzene rings is 1. The van der Waals surface area contributed by atoms with E-state index < -0.39 is 5.97 Å². The van der Waals surface area contributed by atoms with E-state index in [1.165, 1.54) is 12.8 Å². The highest BCUT2D eigenvalue weighted by atomic mass is 16.5. The lowest BCUT2D eigenvalue weighted by Crippen LogP contribution is -2.20. The van der Waals surface area contributed by atoms with Crippen molar-refractivity contribution < 1.29 is 14.3 Å². The van der Waals surface area contributed by atoms with Crippen LogP contribution in [0.25, 0.3) is 5.65 Å². The summed E-state index contributed by atoms with van der Waals surface area (Å²) in [5.74, 6) is 0.837. The highest BCUT2D eigenvalue weighted by molar-refractivity contribution is 6.01. The van der Waals surface area contributed by atoms with Crippen LogP contribution >= 0.6 is 0 Å². The van der Waals surface area contributed by atoms with Crippen LogP contribution in [0.5, 0.6) is 0 Å². The molecule has 156 valence electrons. The molecule has 1 amide bonds. The normalized spacial score (nSPS) is 13.6. The molecule has 0 radical (unpaired) electrons. The van der Waals surface area contributed by atoms with E-state index in [0.29, 0.717) is 29.1 Å². The second-order valence-electron chi connectivity index (χ2n) is 7.09. The Kier molecular flexibility index (Phi) is 5.87. The molecule has 0 unspecified atom stereocenters. The summed E-state index contributed by atoms with van der Waals surface area (Å²) in [5.41, 5.74) is 1.42. The van der Waals surface area contributed by atoms with Crippen LogP contribution in [0.1, 0.15) is 42.4 Å². The van der Waals surface area contributed by atoms with Gasteiger partial charge in [0.25, 0.3) is 0 Å². The lowest BCUT2D eigenvalue weighted by Gasteiger charge is -2.15. The van der Waals surface area contributed by atoms with Gasteiger partial charge >= 0.3 is 5.97 Å². The van der Waals surface area contributed by atoms with Gasteiger partial charge in [0.1, 0.15) is 5.82 Å². The largest absolute Gasteiger partial charge is 0.462 e. The molecule has 2 aromatic heterocycles. The van der Waals surface area contributed by atoms with Gasteiger partial charge < -0.3 is 15.0 Å². The number of para-hydroxylation sites is 1. The molecule has 1 N–H and O–H groups in total. The minimum Gasteiger partial charge on any atom is -0.462 e. The van der Waals surface area contributed by atoms with Crippen LogP contribution in [0, 0.1) is 0 Å². The topological polar surface area (TPSA) is 102 Å². The van der Waals surface area contributed by atoms with E-state index in [1.54, 1.807) is 35.7 Å². The van der Waals surface area contributed by atoms with Gasteiger partial charge in [-0.1, -0.05) is 12.1 Å². The van der Waals surface area contributed by atoms with Crippen LogP contribution in [0.3, 0.4) is 0 Å². The Morgan fingerprint density at radius 3 is 2.70 bits per heavy atom. The van der Waals surface area contributed by atoms with Crippen LogP contribution in [-0.2, 0) is 16.0 Å². The van der Waals surface area contributed by atoms with Crippen molar-refractivity contribution in [1.29, 1.82) is 0 Å². The lowest BCUT2D eigenvalue weighted by molar-refractivity contribution is -0.116. The summed E-state index contributed by atoms with van der Waals surface area (Å²) in [6, 6.07) is 10.6. The maximum atomic E-state index is 12.5. The Morgan fingerprint density at radius 2 is 1.90 bits per heavy atom. The molecule has 1 aliphatic rings. The smallest absolute Gasteiger partial charge is 0.340 e. The van der Waals surface area contributed by atoms with Gasteiger partial charge in [0, 0.05) is 25.9 Å². The number of hydrogen-bond donors (Lipinski definition) is 1. The monoisotopic (exact) mass is 408 g/mol. The van der Waals surface area contributed by atoms with Crippen molar-refractivity contribution in [3.05, 3.63) is 47.8 Å². The van der Waals surface area contributed by atoms with Gasteiger partial charge in [0.15, 0.2) is 11.5 Å². The molecule has 0 spiro atoms. The van der Waals surface area contributed by atoms with E-state index in [-0.39, 0.29) is 18.9 Å². The number of carbonyl (C=O) groups excluding carboxylic acids is 2. The summed E-state index contributed by atoms with van der Waals surface area (Å²) in [6.45, 7) is 4.01. The predicted octanol–water partition coefficient (Wildman–Crippen LogP) is 2.47. The first-order chi connectivity index (χ1) is 14.7. The van der Waals surface area contributed by atoms with Crippen LogP contribution < -0.4 is 10.2 Å². The summed E-state index contributed by atoms with van der Waals surface area (Å²) in [4.78, 5) is 26.8. The number of aryl methyl sites for hydroxylation is 1. The Bertz CT molecular complexity index is 1060. The fraction of sp³-hybridized carbons (Fsp3) is 0.381. The molecule has 3 aromatic rings. The zero-order valence-corrected chi connectivity index (χ0v) is 16.9. The Balaban J connectivity index is 1.44. The van der Waals surface area contributed by atoms with Crippen LogP contribution in [0.15, 0.2) is 36.4 Å². The second kappa shape index (κ2) is 8.89. The summed E-state index contributed by atoms with van der Waals surface area (Å²) >= 11 is 0. The van der Waals surface area contributed by atoms with Crippen molar-refractivity contribution in [3.63, 3.8) is 0 Å². The Morgan fingerprint density at radius 1 is 1.10 bits per heavy atom. The molecule has 9 heteroatoms. The maximum Gasteiger partial charge on any atom is 0.340 e. The number of aromatic nitrogens is 4. The summed E-state index contributed by atoms with van der Waals surface area (Å²) < 4.78 is 6.75. The second-order valence-corrected chi connectivity index (χ2v) is 7.09. The summed E-state index contributed by atoms with van der Waals surface area (Å²) in [5, 5.41) is 15.8. The molecule has 4 rings (SSSR count). The number of anilines is 2. The SMILES string of the molecule is CCOC(=O)c1ccccc1NC(=O)CCc1nnc2ccc(N3CCCC3)nn12. The van der Waals surface area contributed by atoms with Crippen LogP contribution in [0.2, 0.25) is 0 Å². The van der Waals surface area contributed by atoms with Crippen LogP contribution in [0.4, 0.5) is 11.5 Å². The highest BCUT2D eigenvalue weighted by Crippen LogP contribution is 2.19. The molecule has 0 atom stereocenters. The predicted molar refractivity (Wildman–Crippen MR) is 112 cm³/mol. The first-order valence-electron chi connectivity index (χ1n) is 10.2. The molecular weight excluding hydrogens is 384 g/mol. The summed E-state index contributed by atoms with van der Waals surface area (Å²) in [6.07, 6.45) is 2.91. The maximum absolute atomic E-state index is 12.5. The van der Waals surface area contributed by atoms with E-state index in [0.717, 1.165) is 18.9 Å². The van der Waals surface area contributed by atoms with E-state index in [9.17, 15) is 9.59 Å². The molecule has 3 heterocycles. The minimum absolute atomic E-state index is 0.188. The number of fused-ring (bicyclic) bond motifs is 1. The molecule has 1 fully saturated rings. The standard InChI is InChI=1S/C21H24N6O3/c1-2-30-21(29)15-7-3-4-8-16(15)22-20(28)12-11-18-24-23-17-9-10-19(25-27(17)18)26-13-5-6-14-26/h3-4,7-10H,2,5-6,11-14H2,1H3,(H,22,28). The van der Waals surface area contributed by atoms with Crippen molar-refractivity contribution in [2.75, 3.05) is 29.9 Å². The van der Waals surface area contributed by atoms with Crippen molar-refractivity contribution in [2.45, 2.75) is 32.6 Å². The van der Waals surface area contributed by atoms with Gasteiger partial charge in [-0.3, -0.25) is 4.79 Å². The Hall–Kier alpha value is -3.49. The first kappa shape index (κ1) is 19.8. The average Bonchev–Trinajstić information content (AvgIpc) is 3.42. The highest BCUT2D eigenvalue weighted by Gasteiger charge is 2.17. The molecule has 1 saturated heterocycles. The number of ether oxygens (including phenoxy) is 1. The van der Waals surface area contributed by atoms with Crippen molar-refractivity contribution in [2.24, 2.45) is 0 Å². The number of hydrogen-bond acceptors (Lipinski definition) is 7. The zero-order chi connectivity index (χ0) is 20.9. The van der Waals surface area contributed by atoms with Gasteiger partial charge in [-0.2, -0.15) is 4.52 Å². The average molecular weight is 408 g/mol. The van der Waals surface area contributed by atoms with E-state index in [2.05, 4.69) is 25.5 Å². The van der Waals surface area contributed by atoms with E-state index >= 15 is 0 Å². The number of esters is 1. The van der Waals surface area contributed by atoms with Crippen molar-refractivity contribution in [1.82, 2.24) is 19.8 Å². The van der Waals surface area contributed by atoms with Gasteiger partial charge in [-0.25, -0.2) is 4.79 Å². The fourth-order valence-corrected chi connectivity index (χ4v) is 3.51. The Labute approximate surface area is 174 Å². The fourth-order valence-electron chi connectivity index (χ4n) is 3.51. The lowest BCUT2D eigenvalue weighted by atomic mass is 10.1. The number of amides is 1. The van der Waals surface area contributed by atoms with E-state index in [1.807, 2.05) is 12.1 Å². The molecule has 30 heavy (non-hydrogen) atoms. The zero-order valence-electron chi connectivity index (χ0n) is 16.9. The minimum atomic E-state index is -0.463. The third kappa shape index (κ3) is 4.24. The molecule has 1 aliphatic heterocycles. The van der Waals surface area contributed by atoms with Crippen molar-refractivity contribution in [3.8, 4) is 0 Å². The quantitative estimate of drug-likeness (QED) is 0.599.